The molecule has 6 N–H and O–H groups in total. The SMILES string of the molecule is COc1cc(N=Nc2ccc(S(=O)(=O)O)cc2)ccc1Nc1nc(Nc2ccc(N=Nc3ccc(S(=O)(=O)O)cc3)cc2OC)nc(N(CCO)CCO)n1. The Morgan fingerprint density at radius 1 is 0.582 bits per heavy atom. The molecule has 0 saturated carbocycles. The normalized spacial score (nSPS) is 11.9. The van der Waals surface area contributed by atoms with E-state index in [9.17, 15) is 36.2 Å². The Balaban J connectivity index is 1.40. The molecule has 5 rings (SSSR count). The lowest BCUT2D eigenvalue weighted by molar-refractivity contribution is 0.280. The molecule has 0 unspecified atom stereocenters. The van der Waals surface area contributed by atoms with E-state index in [1.54, 1.807) is 41.3 Å². The Kier molecular flexibility index (Phi) is 12.9. The number of aromatic nitrogens is 3. The quantitative estimate of drug-likeness (QED) is 0.0501. The van der Waals surface area contributed by atoms with Crippen LogP contribution >= 0.6 is 0 Å². The fourth-order valence-corrected chi connectivity index (χ4v) is 5.66. The number of azo groups is 2. The largest absolute Gasteiger partial charge is 0.494 e. The van der Waals surface area contributed by atoms with Gasteiger partial charge < -0.3 is 35.2 Å². The molecule has 288 valence electrons. The van der Waals surface area contributed by atoms with E-state index in [1.807, 2.05) is 0 Å². The van der Waals surface area contributed by atoms with E-state index in [1.165, 1.54) is 62.8 Å². The van der Waals surface area contributed by atoms with Gasteiger partial charge in [0, 0.05) is 25.2 Å². The first-order valence-electron chi connectivity index (χ1n) is 15.9. The van der Waals surface area contributed by atoms with E-state index < -0.39 is 20.2 Å². The summed E-state index contributed by atoms with van der Waals surface area (Å²) in [7, 11) is -5.80. The van der Waals surface area contributed by atoms with Gasteiger partial charge in [-0.1, -0.05) is 0 Å². The van der Waals surface area contributed by atoms with Crippen LogP contribution in [0.3, 0.4) is 0 Å². The van der Waals surface area contributed by atoms with Crippen molar-refractivity contribution in [1.82, 2.24) is 15.0 Å². The molecule has 22 heteroatoms. The van der Waals surface area contributed by atoms with E-state index in [2.05, 4.69) is 46.0 Å². The summed E-state index contributed by atoms with van der Waals surface area (Å²) in [6, 6.07) is 20.1. The highest BCUT2D eigenvalue weighted by molar-refractivity contribution is 7.86. The van der Waals surface area contributed by atoms with Gasteiger partial charge in [-0.05, 0) is 72.8 Å². The summed E-state index contributed by atoms with van der Waals surface area (Å²) in [4.78, 5) is 14.5. The maximum Gasteiger partial charge on any atom is 0.294 e. The third-order valence-corrected chi connectivity index (χ3v) is 9.08. The van der Waals surface area contributed by atoms with Crippen molar-refractivity contribution in [3.63, 3.8) is 0 Å². The van der Waals surface area contributed by atoms with Gasteiger partial charge in [0.05, 0.1) is 71.3 Å². The van der Waals surface area contributed by atoms with Gasteiger partial charge in [-0.15, -0.1) is 0 Å². The molecule has 0 aliphatic heterocycles. The molecule has 55 heavy (non-hydrogen) atoms. The van der Waals surface area contributed by atoms with Crippen molar-refractivity contribution in [2.45, 2.75) is 9.79 Å². The van der Waals surface area contributed by atoms with Crippen molar-refractivity contribution in [2.24, 2.45) is 20.5 Å². The summed E-state index contributed by atoms with van der Waals surface area (Å²) >= 11 is 0. The van der Waals surface area contributed by atoms with Crippen LogP contribution in [-0.4, -0.2) is 91.6 Å². The highest BCUT2D eigenvalue weighted by Crippen LogP contribution is 2.35. The first-order valence-corrected chi connectivity index (χ1v) is 18.8. The number of hydrogen-bond donors (Lipinski definition) is 6. The predicted molar refractivity (Wildman–Crippen MR) is 200 cm³/mol. The number of rotatable bonds is 17. The van der Waals surface area contributed by atoms with Crippen LogP contribution in [0.5, 0.6) is 11.5 Å². The van der Waals surface area contributed by atoms with Crippen LogP contribution in [-0.2, 0) is 20.2 Å². The van der Waals surface area contributed by atoms with Gasteiger partial charge in [-0.3, -0.25) is 9.11 Å². The Hall–Kier alpha value is -6.17. The zero-order valence-corrected chi connectivity index (χ0v) is 30.7. The number of aliphatic hydroxyl groups is 2. The number of methoxy groups -OCH3 is 2. The van der Waals surface area contributed by atoms with E-state index >= 15 is 0 Å². The Morgan fingerprint density at radius 2 is 0.945 bits per heavy atom. The zero-order valence-electron chi connectivity index (χ0n) is 29.0. The smallest absolute Gasteiger partial charge is 0.294 e. The Labute approximate surface area is 314 Å². The molecule has 0 saturated heterocycles. The molecule has 0 aliphatic rings. The van der Waals surface area contributed by atoms with Crippen LogP contribution < -0.4 is 25.0 Å². The van der Waals surface area contributed by atoms with Crippen LogP contribution in [0.25, 0.3) is 0 Å². The molecule has 0 amide bonds. The molecule has 0 radical (unpaired) electrons. The molecule has 0 aliphatic carbocycles. The van der Waals surface area contributed by atoms with Crippen LogP contribution in [0, 0.1) is 0 Å². The standard InChI is InChI=1S/C33H34N10O10S2/c1-52-29-19-23(41-39-21-3-9-25(10-4-21)54(46,47)48)7-13-27(29)34-31-36-32(38-33(37-31)43(15-17-44)16-18-45)35-28-14-8-24(20-30(28)53-2)42-40-22-5-11-26(12-6-22)55(49,50)51/h3-14,19-20,44-45H,15-18H2,1-2H3,(H,46,47,48)(H,49,50,51)(H2,34,35,36,37,38). The molecule has 1 aromatic heterocycles. The number of aliphatic hydroxyl groups excluding tert-OH is 2. The van der Waals surface area contributed by atoms with Gasteiger partial charge in [-0.2, -0.15) is 52.2 Å². The van der Waals surface area contributed by atoms with Crippen LogP contribution in [0.15, 0.2) is 115 Å². The summed E-state index contributed by atoms with van der Waals surface area (Å²) in [5.41, 5.74) is 2.31. The molecule has 4 aromatic carbocycles. The molecular weight excluding hydrogens is 761 g/mol. The average Bonchev–Trinajstić information content (AvgIpc) is 3.16. The molecule has 5 aromatic rings. The van der Waals surface area contributed by atoms with E-state index in [0.29, 0.717) is 45.6 Å². The summed E-state index contributed by atoms with van der Waals surface area (Å²) < 4.78 is 74.7. The predicted octanol–water partition coefficient (Wildman–Crippen LogP) is 5.49. The summed E-state index contributed by atoms with van der Waals surface area (Å²) in [5.74, 6) is 0.904. The summed E-state index contributed by atoms with van der Waals surface area (Å²) in [6.07, 6.45) is 0. The van der Waals surface area contributed by atoms with E-state index in [-0.39, 0.29) is 53.9 Å². The maximum atomic E-state index is 11.3. The monoisotopic (exact) mass is 794 g/mol. The third kappa shape index (κ3) is 10.9. The van der Waals surface area contributed by atoms with Gasteiger partial charge >= 0.3 is 0 Å². The van der Waals surface area contributed by atoms with Gasteiger partial charge in [-0.25, -0.2) is 0 Å². The molecule has 1 heterocycles. The molecule has 20 nitrogen and oxygen atoms in total. The lowest BCUT2D eigenvalue weighted by Crippen LogP contribution is -2.31. The number of hydrogen-bond acceptors (Lipinski definition) is 18. The highest BCUT2D eigenvalue weighted by atomic mass is 32.2. The van der Waals surface area contributed by atoms with Crippen molar-refractivity contribution in [3.8, 4) is 11.5 Å². The van der Waals surface area contributed by atoms with Gasteiger partial charge in [0.25, 0.3) is 20.2 Å². The lowest BCUT2D eigenvalue weighted by atomic mass is 10.2. The molecule has 0 bridgehead atoms. The second-order valence-electron chi connectivity index (χ2n) is 11.1. The second kappa shape index (κ2) is 17.8. The van der Waals surface area contributed by atoms with Crippen molar-refractivity contribution in [3.05, 3.63) is 84.9 Å². The number of nitrogens with one attached hydrogen (secondary N) is 2. The minimum Gasteiger partial charge on any atom is -0.494 e. The van der Waals surface area contributed by atoms with Gasteiger partial charge in [0.15, 0.2) is 0 Å². The molecule has 0 fully saturated rings. The second-order valence-corrected chi connectivity index (χ2v) is 13.9. The fourth-order valence-electron chi connectivity index (χ4n) is 4.70. The van der Waals surface area contributed by atoms with Crippen molar-refractivity contribution in [2.75, 3.05) is 56.1 Å². The van der Waals surface area contributed by atoms with Crippen molar-refractivity contribution in [1.29, 1.82) is 0 Å². The minimum atomic E-state index is -4.35. The van der Waals surface area contributed by atoms with Crippen molar-refractivity contribution < 1.29 is 45.6 Å². The average molecular weight is 795 g/mol. The zero-order chi connectivity index (χ0) is 39.6. The third-order valence-electron chi connectivity index (χ3n) is 7.34. The molecule has 0 atom stereocenters. The number of benzene rings is 4. The van der Waals surface area contributed by atoms with Crippen LogP contribution in [0.1, 0.15) is 0 Å². The minimum absolute atomic E-state index is 0.0596. The van der Waals surface area contributed by atoms with Gasteiger partial charge in [0.1, 0.15) is 11.5 Å². The van der Waals surface area contributed by atoms with E-state index in [0.717, 1.165) is 0 Å². The number of ether oxygens (including phenoxy) is 2. The first-order chi connectivity index (χ1) is 26.3. The Morgan fingerprint density at radius 3 is 1.29 bits per heavy atom. The highest BCUT2D eigenvalue weighted by Gasteiger charge is 2.17. The van der Waals surface area contributed by atoms with E-state index in [4.69, 9.17) is 9.47 Å². The van der Waals surface area contributed by atoms with Crippen LogP contribution in [0.2, 0.25) is 0 Å². The molecular formula is C33H34N10O10S2. The first kappa shape index (κ1) is 40.0. The molecule has 0 spiro atoms. The Bertz CT molecular complexity index is 2240. The number of nitrogens with zero attached hydrogens (tertiary/aromatic N) is 8. The van der Waals surface area contributed by atoms with Gasteiger partial charge in [0.2, 0.25) is 17.8 Å². The summed E-state index contributed by atoms with van der Waals surface area (Å²) in [5, 5.41) is 42.1. The van der Waals surface area contributed by atoms with Crippen LogP contribution in [0.4, 0.5) is 52.0 Å². The topological polar surface area (TPSA) is 283 Å². The maximum absolute atomic E-state index is 11.3. The lowest BCUT2D eigenvalue weighted by Gasteiger charge is -2.22. The summed E-state index contributed by atoms with van der Waals surface area (Å²) in [6.45, 7) is -0.292. The van der Waals surface area contributed by atoms with Crippen molar-refractivity contribution >= 4 is 72.2 Å². The fraction of sp³-hybridized carbons (Fsp3) is 0.182. The number of anilines is 5.